The van der Waals surface area contributed by atoms with E-state index in [9.17, 15) is 0 Å². The smallest absolute Gasteiger partial charge is 0.0685 e. The number of nitrogens with two attached hydrogens (primary N) is 1. The first kappa shape index (κ1) is 15.8. The van der Waals surface area contributed by atoms with Gasteiger partial charge in [-0.3, -0.25) is 0 Å². The Morgan fingerprint density at radius 1 is 1.05 bits per heavy atom. The fourth-order valence-electron chi connectivity index (χ4n) is 5.21. The van der Waals surface area contributed by atoms with Crippen molar-refractivity contribution in [1.29, 1.82) is 0 Å². The van der Waals surface area contributed by atoms with Gasteiger partial charge in [-0.2, -0.15) is 0 Å². The molecule has 3 aliphatic rings. The predicted molar refractivity (Wildman–Crippen MR) is 85.1 cm³/mol. The molecule has 3 fully saturated rings. The highest BCUT2D eigenvalue weighted by molar-refractivity contribution is 4.98. The summed E-state index contributed by atoms with van der Waals surface area (Å²) in [4.78, 5) is 0. The molecular weight excluding hydrogens is 262 g/mol. The Labute approximate surface area is 129 Å². The highest BCUT2D eigenvalue weighted by Gasteiger charge is 2.46. The summed E-state index contributed by atoms with van der Waals surface area (Å²) < 4.78 is 12.3. The first-order chi connectivity index (χ1) is 10.0. The lowest BCUT2D eigenvalue weighted by molar-refractivity contribution is -0.123. The lowest BCUT2D eigenvalue weighted by atomic mass is 9.70. The molecule has 3 nitrogen and oxygen atoms in total. The zero-order valence-corrected chi connectivity index (χ0v) is 14.0. The normalized spacial score (nSPS) is 44.9. The summed E-state index contributed by atoms with van der Waals surface area (Å²) in [6.07, 6.45) is 9.50. The minimum Gasteiger partial charge on any atom is -0.375 e. The second-order valence-electron chi connectivity index (χ2n) is 7.91. The summed E-state index contributed by atoms with van der Waals surface area (Å²) in [5.74, 6) is 1.68. The third kappa shape index (κ3) is 3.02. The van der Waals surface area contributed by atoms with E-state index in [0.717, 1.165) is 13.0 Å². The molecule has 0 radical (unpaired) electrons. The van der Waals surface area contributed by atoms with Crippen LogP contribution in [0.25, 0.3) is 0 Å². The maximum atomic E-state index is 6.75. The van der Waals surface area contributed by atoms with Gasteiger partial charge in [0, 0.05) is 18.6 Å². The van der Waals surface area contributed by atoms with Crippen LogP contribution in [0.15, 0.2) is 0 Å². The van der Waals surface area contributed by atoms with Crippen LogP contribution in [0.2, 0.25) is 0 Å². The highest BCUT2D eigenvalue weighted by Crippen LogP contribution is 2.44. The molecule has 21 heavy (non-hydrogen) atoms. The van der Waals surface area contributed by atoms with Crippen LogP contribution in [0.1, 0.15) is 65.7 Å². The van der Waals surface area contributed by atoms with E-state index in [1.165, 1.54) is 38.5 Å². The van der Waals surface area contributed by atoms with Gasteiger partial charge >= 0.3 is 0 Å². The van der Waals surface area contributed by atoms with E-state index >= 15 is 0 Å². The molecule has 1 spiro atoms. The largest absolute Gasteiger partial charge is 0.375 e. The van der Waals surface area contributed by atoms with Crippen molar-refractivity contribution in [2.45, 2.75) is 89.6 Å². The molecule has 1 saturated carbocycles. The molecule has 6 unspecified atom stereocenters. The topological polar surface area (TPSA) is 44.5 Å². The van der Waals surface area contributed by atoms with Crippen LogP contribution in [0, 0.1) is 17.8 Å². The zero-order chi connectivity index (χ0) is 15.0. The number of hydrogen-bond acceptors (Lipinski definition) is 3. The van der Waals surface area contributed by atoms with Crippen molar-refractivity contribution in [1.82, 2.24) is 0 Å². The molecule has 2 heterocycles. The molecule has 122 valence electrons. The van der Waals surface area contributed by atoms with Crippen molar-refractivity contribution in [3.05, 3.63) is 0 Å². The predicted octanol–water partition coefficient (Wildman–Crippen LogP) is 3.50. The maximum absolute atomic E-state index is 6.75. The lowest BCUT2D eigenvalue weighted by Crippen LogP contribution is -2.50. The molecule has 2 saturated heterocycles. The highest BCUT2D eigenvalue weighted by atomic mass is 16.5. The second kappa shape index (κ2) is 6.17. The summed E-state index contributed by atoms with van der Waals surface area (Å²) in [6.45, 7) is 7.62. The standard InChI is InChI=1S/C18H33NO2/c1-12-13(2)21-14(3)16(12)17(19)15-7-10-20-18(11-15)8-5-4-6-9-18/h12-17H,4-11,19H2,1-3H3. The van der Waals surface area contributed by atoms with Crippen LogP contribution in [0.4, 0.5) is 0 Å². The van der Waals surface area contributed by atoms with Crippen LogP contribution in [0.3, 0.4) is 0 Å². The van der Waals surface area contributed by atoms with Gasteiger partial charge in [0.1, 0.15) is 0 Å². The molecule has 0 amide bonds. The molecule has 6 atom stereocenters. The monoisotopic (exact) mass is 295 g/mol. The molecule has 2 N–H and O–H groups in total. The Hall–Kier alpha value is -0.120. The molecule has 3 heteroatoms. The average Bonchev–Trinajstić information content (AvgIpc) is 2.72. The molecule has 2 aliphatic heterocycles. The Morgan fingerprint density at radius 3 is 2.38 bits per heavy atom. The molecule has 0 bridgehead atoms. The fraction of sp³-hybridized carbons (Fsp3) is 1.00. The Morgan fingerprint density at radius 2 is 1.76 bits per heavy atom. The summed E-state index contributed by atoms with van der Waals surface area (Å²) in [5.41, 5.74) is 6.91. The van der Waals surface area contributed by atoms with Gasteiger partial charge in [0.15, 0.2) is 0 Å². The Bertz CT molecular complexity index is 348. The van der Waals surface area contributed by atoms with E-state index in [1.54, 1.807) is 0 Å². The van der Waals surface area contributed by atoms with Gasteiger partial charge in [-0.05, 0) is 51.4 Å². The summed E-state index contributed by atoms with van der Waals surface area (Å²) >= 11 is 0. The van der Waals surface area contributed by atoms with Crippen molar-refractivity contribution in [2.24, 2.45) is 23.5 Å². The SMILES string of the molecule is CC1OC(C)C(C(N)C2CCOC3(CCCCC3)C2)C1C. The first-order valence-corrected chi connectivity index (χ1v) is 9.07. The minimum atomic E-state index is 0.163. The van der Waals surface area contributed by atoms with E-state index in [-0.39, 0.29) is 11.6 Å². The summed E-state index contributed by atoms with van der Waals surface area (Å²) in [7, 11) is 0. The van der Waals surface area contributed by atoms with Crippen molar-refractivity contribution in [3.63, 3.8) is 0 Å². The lowest BCUT2D eigenvalue weighted by Gasteiger charge is -2.46. The van der Waals surface area contributed by atoms with Crippen LogP contribution >= 0.6 is 0 Å². The van der Waals surface area contributed by atoms with Crippen LogP contribution < -0.4 is 5.73 Å². The van der Waals surface area contributed by atoms with E-state index in [1.807, 2.05) is 0 Å². The maximum Gasteiger partial charge on any atom is 0.0685 e. The molecule has 1 aliphatic carbocycles. The summed E-state index contributed by atoms with van der Waals surface area (Å²) in [5, 5.41) is 0. The minimum absolute atomic E-state index is 0.163. The van der Waals surface area contributed by atoms with Gasteiger partial charge in [0.25, 0.3) is 0 Å². The van der Waals surface area contributed by atoms with E-state index < -0.39 is 0 Å². The van der Waals surface area contributed by atoms with Gasteiger partial charge in [0.2, 0.25) is 0 Å². The quantitative estimate of drug-likeness (QED) is 0.848. The van der Waals surface area contributed by atoms with Crippen molar-refractivity contribution in [3.8, 4) is 0 Å². The van der Waals surface area contributed by atoms with Crippen LogP contribution in [-0.2, 0) is 9.47 Å². The van der Waals surface area contributed by atoms with Crippen LogP contribution in [-0.4, -0.2) is 30.5 Å². The van der Waals surface area contributed by atoms with E-state index in [4.69, 9.17) is 15.2 Å². The molecule has 0 aromatic rings. The Balaban J connectivity index is 1.68. The van der Waals surface area contributed by atoms with Crippen molar-refractivity contribution < 1.29 is 9.47 Å². The molecule has 3 rings (SSSR count). The van der Waals surface area contributed by atoms with Crippen LogP contribution in [0.5, 0.6) is 0 Å². The number of rotatable bonds is 2. The van der Waals surface area contributed by atoms with Gasteiger partial charge in [-0.1, -0.05) is 26.2 Å². The van der Waals surface area contributed by atoms with Gasteiger partial charge in [-0.25, -0.2) is 0 Å². The van der Waals surface area contributed by atoms with Gasteiger partial charge in [0.05, 0.1) is 17.8 Å². The average molecular weight is 295 g/mol. The van der Waals surface area contributed by atoms with E-state index in [0.29, 0.717) is 30.0 Å². The fourth-order valence-corrected chi connectivity index (χ4v) is 5.21. The van der Waals surface area contributed by atoms with Crippen molar-refractivity contribution in [2.75, 3.05) is 6.61 Å². The third-order valence-corrected chi connectivity index (χ3v) is 6.60. The molecule has 0 aromatic carbocycles. The molecule has 0 aromatic heterocycles. The number of hydrogen-bond donors (Lipinski definition) is 1. The van der Waals surface area contributed by atoms with Gasteiger partial charge in [-0.15, -0.1) is 0 Å². The third-order valence-electron chi connectivity index (χ3n) is 6.60. The number of ether oxygens (including phenoxy) is 2. The first-order valence-electron chi connectivity index (χ1n) is 9.07. The van der Waals surface area contributed by atoms with Crippen molar-refractivity contribution >= 4 is 0 Å². The Kier molecular flexibility index (Phi) is 4.63. The molecular formula is C18H33NO2. The van der Waals surface area contributed by atoms with E-state index in [2.05, 4.69) is 20.8 Å². The zero-order valence-electron chi connectivity index (χ0n) is 14.0. The van der Waals surface area contributed by atoms with Gasteiger partial charge < -0.3 is 15.2 Å². The second-order valence-corrected chi connectivity index (χ2v) is 7.91. The summed E-state index contributed by atoms with van der Waals surface area (Å²) in [6, 6.07) is 0.266.